The van der Waals surface area contributed by atoms with Crippen molar-refractivity contribution in [1.29, 1.82) is 0 Å². The third kappa shape index (κ3) is 5.92. The van der Waals surface area contributed by atoms with E-state index in [0.29, 0.717) is 17.9 Å². The number of piperidine rings is 1. The summed E-state index contributed by atoms with van der Waals surface area (Å²) in [6, 6.07) is 9.35. The Balaban J connectivity index is 1.45. The second-order valence-corrected chi connectivity index (χ2v) is 8.87. The first-order valence-electron chi connectivity index (χ1n) is 9.78. The van der Waals surface area contributed by atoms with Crippen molar-refractivity contribution >= 4 is 15.9 Å². The summed E-state index contributed by atoms with van der Waals surface area (Å²) in [5.74, 6) is 0.354. The van der Waals surface area contributed by atoms with Crippen LogP contribution < -0.4 is 14.9 Å². The van der Waals surface area contributed by atoms with Gasteiger partial charge in [0.25, 0.3) is 5.91 Å². The predicted molar refractivity (Wildman–Crippen MR) is 106 cm³/mol. The number of benzene rings is 1. The molecule has 3 N–H and O–H groups in total. The molecule has 0 spiro atoms. The minimum Gasteiger partial charge on any atom is -0.468 e. The topological polar surface area (TPSA) is 92.9 Å². The zero-order chi connectivity index (χ0) is 19.8. The lowest BCUT2D eigenvalue weighted by atomic mass is 10.1. The molecule has 1 aliphatic heterocycles. The number of quaternary nitrogens is 1. The van der Waals surface area contributed by atoms with Gasteiger partial charge in [0.2, 0.25) is 10.0 Å². The molecule has 0 aliphatic carbocycles. The summed E-state index contributed by atoms with van der Waals surface area (Å²) >= 11 is 0. The van der Waals surface area contributed by atoms with Crippen LogP contribution in [0.5, 0.6) is 0 Å². The molecule has 8 heteroatoms. The highest BCUT2D eigenvalue weighted by molar-refractivity contribution is 7.89. The molecule has 3 rings (SSSR count). The average molecular weight is 407 g/mol. The molecule has 1 saturated heterocycles. The summed E-state index contributed by atoms with van der Waals surface area (Å²) < 4.78 is 32.2. The molecule has 0 unspecified atom stereocenters. The van der Waals surface area contributed by atoms with Gasteiger partial charge in [-0.3, -0.25) is 4.79 Å². The maximum atomic E-state index is 12.3. The minimum atomic E-state index is -3.66. The van der Waals surface area contributed by atoms with Gasteiger partial charge in [0.15, 0.2) is 0 Å². The van der Waals surface area contributed by atoms with Crippen molar-refractivity contribution in [1.82, 2.24) is 10.0 Å². The Labute approximate surface area is 166 Å². The third-order valence-corrected chi connectivity index (χ3v) is 6.41. The number of hydrogen-bond acceptors (Lipinski definition) is 4. The number of amides is 1. The number of likely N-dealkylation sites (tertiary alicyclic amines) is 1. The highest BCUT2D eigenvalue weighted by atomic mass is 32.2. The number of carbonyl (C=O) groups is 1. The second-order valence-electron chi connectivity index (χ2n) is 7.10. The highest BCUT2D eigenvalue weighted by Gasteiger charge is 2.16. The van der Waals surface area contributed by atoms with Gasteiger partial charge < -0.3 is 14.6 Å². The van der Waals surface area contributed by atoms with Crippen molar-refractivity contribution in [3.05, 3.63) is 54.0 Å². The zero-order valence-electron chi connectivity index (χ0n) is 15.9. The molecule has 2 heterocycles. The number of nitrogens with one attached hydrogen (secondary N) is 3. The van der Waals surface area contributed by atoms with Crippen molar-refractivity contribution < 1.29 is 22.5 Å². The molecule has 1 aromatic carbocycles. The molecule has 1 amide bonds. The molecule has 28 heavy (non-hydrogen) atoms. The van der Waals surface area contributed by atoms with Crippen LogP contribution in [0, 0.1) is 0 Å². The summed E-state index contributed by atoms with van der Waals surface area (Å²) in [4.78, 5) is 14.0. The van der Waals surface area contributed by atoms with E-state index in [1.54, 1.807) is 17.0 Å². The summed E-state index contributed by atoms with van der Waals surface area (Å²) in [6.07, 6.45) is 6.38. The first kappa shape index (κ1) is 20.6. The maximum absolute atomic E-state index is 12.3. The second kappa shape index (κ2) is 9.86. The van der Waals surface area contributed by atoms with Crippen LogP contribution in [-0.4, -0.2) is 40.5 Å². The Morgan fingerprint density at radius 3 is 2.50 bits per heavy atom. The van der Waals surface area contributed by atoms with Crippen molar-refractivity contribution in [2.45, 2.75) is 37.1 Å². The molecule has 1 aliphatic rings. The first-order chi connectivity index (χ1) is 13.5. The van der Waals surface area contributed by atoms with Gasteiger partial charge in [0, 0.05) is 18.5 Å². The van der Waals surface area contributed by atoms with Gasteiger partial charge in [-0.05, 0) is 55.7 Å². The van der Waals surface area contributed by atoms with Crippen LogP contribution in [0.2, 0.25) is 0 Å². The van der Waals surface area contributed by atoms with Crippen LogP contribution in [0.4, 0.5) is 0 Å². The van der Waals surface area contributed by atoms with E-state index in [-0.39, 0.29) is 17.3 Å². The van der Waals surface area contributed by atoms with E-state index in [1.807, 2.05) is 0 Å². The first-order valence-corrected chi connectivity index (χ1v) is 11.3. The summed E-state index contributed by atoms with van der Waals surface area (Å²) in [5.41, 5.74) is 0.454. The lowest BCUT2D eigenvalue weighted by molar-refractivity contribution is -0.904. The molecule has 1 aromatic heterocycles. The number of carbonyl (C=O) groups excluding carboxylic acids is 1. The standard InChI is InChI=1S/C20H27N3O4S/c24-20(21-11-5-14-23-12-2-1-3-13-23)17-7-9-19(10-8-17)28(25,26)22-16-18-6-4-15-27-18/h4,6-10,15,22H,1-3,5,11-14,16H2,(H,21,24)/p+1. The van der Waals surface area contributed by atoms with Crippen LogP contribution in [0.1, 0.15) is 41.8 Å². The fourth-order valence-electron chi connectivity index (χ4n) is 3.39. The monoisotopic (exact) mass is 406 g/mol. The molecule has 7 nitrogen and oxygen atoms in total. The van der Waals surface area contributed by atoms with Crippen LogP contribution >= 0.6 is 0 Å². The molecule has 0 saturated carbocycles. The van der Waals surface area contributed by atoms with Crippen molar-refractivity contribution in [3.8, 4) is 0 Å². The average Bonchev–Trinajstić information content (AvgIpc) is 3.24. The van der Waals surface area contributed by atoms with Crippen molar-refractivity contribution in [3.63, 3.8) is 0 Å². The van der Waals surface area contributed by atoms with E-state index in [2.05, 4.69) is 10.0 Å². The molecular formula is C20H28N3O4S+. The van der Waals surface area contributed by atoms with Crippen molar-refractivity contribution in [2.75, 3.05) is 26.2 Å². The van der Waals surface area contributed by atoms with E-state index < -0.39 is 10.0 Å². The van der Waals surface area contributed by atoms with Gasteiger partial charge in [-0.15, -0.1) is 0 Å². The van der Waals surface area contributed by atoms with Gasteiger partial charge in [-0.25, -0.2) is 13.1 Å². The predicted octanol–water partition coefficient (Wildman–Crippen LogP) is 0.947. The van der Waals surface area contributed by atoms with E-state index in [0.717, 1.165) is 13.0 Å². The van der Waals surface area contributed by atoms with E-state index >= 15 is 0 Å². The van der Waals surface area contributed by atoms with Gasteiger partial charge in [0.05, 0.1) is 37.3 Å². The number of sulfonamides is 1. The number of rotatable bonds is 9. The molecule has 0 radical (unpaired) electrons. The van der Waals surface area contributed by atoms with E-state index in [4.69, 9.17) is 4.42 Å². The molecule has 152 valence electrons. The Bertz CT molecular complexity index is 842. The SMILES string of the molecule is O=C(NCCC[NH+]1CCCCC1)c1ccc(S(=O)(=O)NCc2ccco2)cc1. The van der Waals surface area contributed by atoms with Crippen LogP contribution in [0.3, 0.4) is 0 Å². The number of hydrogen-bond donors (Lipinski definition) is 3. The summed E-state index contributed by atoms with van der Waals surface area (Å²) in [7, 11) is -3.66. The third-order valence-electron chi connectivity index (χ3n) is 5.00. The Kier molecular flexibility index (Phi) is 7.24. The molecular weight excluding hydrogens is 378 g/mol. The zero-order valence-corrected chi connectivity index (χ0v) is 16.8. The van der Waals surface area contributed by atoms with Gasteiger partial charge in [-0.2, -0.15) is 0 Å². The normalized spacial score (nSPS) is 15.4. The Morgan fingerprint density at radius 1 is 1.07 bits per heavy atom. The van der Waals surface area contributed by atoms with Crippen molar-refractivity contribution in [2.24, 2.45) is 0 Å². The van der Waals surface area contributed by atoms with Gasteiger partial charge >= 0.3 is 0 Å². The highest BCUT2D eigenvalue weighted by Crippen LogP contribution is 2.11. The number of furan rings is 1. The Morgan fingerprint density at radius 2 is 1.82 bits per heavy atom. The fourth-order valence-corrected chi connectivity index (χ4v) is 4.39. The quantitative estimate of drug-likeness (QED) is 0.541. The smallest absolute Gasteiger partial charge is 0.251 e. The maximum Gasteiger partial charge on any atom is 0.251 e. The fraction of sp³-hybridized carbons (Fsp3) is 0.450. The van der Waals surface area contributed by atoms with E-state index in [1.165, 1.54) is 62.9 Å². The van der Waals surface area contributed by atoms with Crippen LogP contribution in [0.25, 0.3) is 0 Å². The molecule has 2 aromatic rings. The molecule has 0 atom stereocenters. The lowest BCUT2D eigenvalue weighted by Crippen LogP contribution is -3.12. The molecule has 0 bridgehead atoms. The molecule has 1 fully saturated rings. The lowest BCUT2D eigenvalue weighted by Gasteiger charge is -2.23. The Hall–Kier alpha value is -2.16. The minimum absolute atomic E-state index is 0.0799. The summed E-state index contributed by atoms with van der Waals surface area (Å²) in [6.45, 7) is 4.26. The van der Waals surface area contributed by atoms with Crippen LogP contribution in [-0.2, 0) is 16.6 Å². The van der Waals surface area contributed by atoms with Gasteiger partial charge in [0.1, 0.15) is 5.76 Å². The van der Waals surface area contributed by atoms with Crippen LogP contribution in [0.15, 0.2) is 52.0 Å². The van der Waals surface area contributed by atoms with E-state index in [9.17, 15) is 13.2 Å². The largest absolute Gasteiger partial charge is 0.468 e. The van der Waals surface area contributed by atoms with Gasteiger partial charge in [-0.1, -0.05) is 0 Å². The summed E-state index contributed by atoms with van der Waals surface area (Å²) in [5, 5.41) is 2.91.